The molecule has 7 heteroatoms. The third kappa shape index (κ3) is 5.21. The van der Waals surface area contributed by atoms with Gasteiger partial charge in [0.05, 0.1) is 23.6 Å². The van der Waals surface area contributed by atoms with Crippen molar-refractivity contribution in [3.63, 3.8) is 0 Å². The number of nitrogens with zero attached hydrogens (tertiary/aromatic N) is 4. The highest BCUT2D eigenvalue weighted by molar-refractivity contribution is 6.31. The standard InChI is InChI=1S/C25H28ClN5O/c1-19-21(25(26)31(28-19)18-20-8-4-3-5-9-20)12-13-24(32)27-22-10-6-7-11-23(22)30-16-14-29(2)15-17-30/h3-13H,14-18H2,1-2H3,(H,27,32)/b13-12+. The lowest BCUT2D eigenvalue weighted by Crippen LogP contribution is -2.44. The second-order valence-corrected chi connectivity index (χ2v) is 8.42. The minimum absolute atomic E-state index is 0.196. The van der Waals surface area contributed by atoms with E-state index >= 15 is 0 Å². The summed E-state index contributed by atoms with van der Waals surface area (Å²) in [6.07, 6.45) is 3.25. The van der Waals surface area contributed by atoms with Gasteiger partial charge in [0.25, 0.3) is 0 Å². The highest BCUT2D eigenvalue weighted by atomic mass is 35.5. The van der Waals surface area contributed by atoms with Gasteiger partial charge in [0.15, 0.2) is 0 Å². The van der Waals surface area contributed by atoms with Gasteiger partial charge in [-0.25, -0.2) is 4.68 Å². The van der Waals surface area contributed by atoms with Crippen molar-refractivity contribution >= 4 is 35.0 Å². The first kappa shape index (κ1) is 22.1. The Bertz CT molecular complexity index is 1100. The summed E-state index contributed by atoms with van der Waals surface area (Å²) in [5, 5.41) is 8.08. The molecule has 32 heavy (non-hydrogen) atoms. The van der Waals surface area contributed by atoms with Crippen LogP contribution in [0.25, 0.3) is 6.08 Å². The van der Waals surface area contributed by atoms with E-state index in [1.165, 1.54) is 6.08 Å². The van der Waals surface area contributed by atoms with E-state index in [1.54, 1.807) is 10.8 Å². The Morgan fingerprint density at radius 2 is 1.75 bits per heavy atom. The van der Waals surface area contributed by atoms with E-state index in [-0.39, 0.29) is 5.91 Å². The summed E-state index contributed by atoms with van der Waals surface area (Å²) in [6, 6.07) is 18.0. The molecule has 0 unspecified atom stereocenters. The molecule has 3 aromatic rings. The number of aromatic nitrogens is 2. The maximum absolute atomic E-state index is 12.7. The van der Waals surface area contributed by atoms with Gasteiger partial charge in [-0.3, -0.25) is 4.79 Å². The molecule has 0 aliphatic carbocycles. The molecule has 0 spiro atoms. The topological polar surface area (TPSA) is 53.4 Å². The molecule has 1 amide bonds. The molecule has 0 bridgehead atoms. The molecule has 1 N–H and O–H groups in total. The van der Waals surface area contributed by atoms with Crippen LogP contribution in [0.5, 0.6) is 0 Å². The van der Waals surface area contributed by atoms with Crippen molar-refractivity contribution in [1.82, 2.24) is 14.7 Å². The van der Waals surface area contributed by atoms with Crippen LogP contribution in [-0.4, -0.2) is 53.8 Å². The van der Waals surface area contributed by atoms with Crippen molar-refractivity contribution in [3.8, 4) is 0 Å². The molecule has 1 aliphatic heterocycles. The molecule has 0 radical (unpaired) electrons. The summed E-state index contributed by atoms with van der Waals surface area (Å²) in [7, 11) is 2.13. The lowest BCUT2D eigenvalue weighted by atomic mass is 10.2. The zero-order valence-electron chi connectivity index (χ0n) is 18.5. The van der Waals surface area contributed by atoms with E-state index in [4.69, 9.17) is 11.6 Å². The van der Waals surface area contributed by atoms with Crippen LogP contribution in [0.15, 0.2) is 60.7 Å². The highest BCUT2D eigenvalue weighted by Gasteiger charge is 2.17. The molecule has 0 saturated carbocycles. The van der Waals surface area contributed by atoms with Crippen molar-refractivity contribution in [2.24, 2.45) is 0 Å². The Morgan fingerprint density at radius 1 is 1.06 bits per heavy atom. The number of halogens is 1. The van der Waals surface area contributed by atoms with Crippen LogP contribution in [0, 0.1) is 6.92 Å². The number of carbonyl (C=O) groups is 1. The van der Waals surface area contributed by atoms with Crippen LogP contribution in [0.2, 0.25) is 5.15 Å². The van der Waals surface area contributed by atoms with Crippen molar-refractivity contribution in [2.45, 2.75) is 13.5 Å². The molecule has 6 nitrogen and oxygen atoms in total. The third-order valence-electron chi connectivity index (χ3n) is 5.69. The third-order valence-corrected chi connectivity index (χ3v) is 6.09. The number of hydrogen-bond donors (Lipinski definition) is 1. The number of anilines is 2. The number of hydrogen-bond acceptors (Lipinski definition) is 4. The molecular formula is C25H28ClN5O. The summed E-state index contributed by atoms with van der Waals surface area (Å²) in [4.78, 5) is 17.3. The van der Waals surface area contributed by atoms with Crippen molar-refractivity contribution in [2.75, 3.05) is 43.4 Å². The van der Waals surface area contributed by atoms with E-state index in [2.05, 4.69) is 33.3 Å². The fourth-order valence-corrected chi connectivity index (χ4v) is 4.15. The molecular weight excluding hydrogens is 422 g/mol. The van der Waals surface area contributed by atoms with Crippen LogP contribution in [0.4, 0.5) is 11.4 Å². The van der Waals surface area contributed by atoms with Gasteiger partial charge in [0.1, 0.15) is 5.15 Å². The molecule has 1 aliphatic rings. The number of rotatable bonds is 6. The summed E-state index contributed by atoms with van der Waals surface area (Å²) in [5.41, 5.74) is 4.52. The molecule has 1 saturated heterocycles. The monoisotopic (exact) mass is 449 g/mol. The minimum Gasteiger partial charge on any atom is -0.367 e. The second kappa shape index (κ2) is 10.0. The number of nitrogens with one attached hydrogen (secondary N) is 1. The van der Waals surface area contributed by atoms with Gasteiger partial charge in [0.2, 0.25) is 5.91 Å². The Morgan fingerprint density at radius 3 is 2.50 bits per heavy atom. The van der Waals surface area contributed by atoms with Crippen LogP contribution in [0.3, 0.4) is 0 Å². The van der Waals surface area contributed by atoms with Crippen molar-refractivity contribution in [3.05, 3.63) is 82.6 Å². The molecule has 2 aromatic carbocycles. The fraction of sp³-hybridized carbons (Fsp3) is 0.280. The average molecular weight is 450 g/mol. The van der Waals surface area contributed by atoms with Gasteiger partial charge in [-0.2, -0.15) is 5.10 Å². The zero-order valence-corrected chi connectivity index (χ0v) is 19.2. The Hall–Kier alpha value is -3.09. The highest BCUT2D eigenvalue weighted by Crippen LogP contribution is 2.27. The second-order valence-electron chi connectivity index (χ2n) is 8.06. The number of carbonyl (C=O) groups excluding carboxylic acids is 1. The quantitative estimate of drug-likeness (QED) is 0.570. The summed E-state index contributed by atoms with van der Waals surface area (Å²) in [6.45, 7) is 6.37. The van der Waals surface area contributed by atoms with E-state index < -0.39 is 0 Å². The number of piperazine rings is 1. The number of amides is 1. The molecule has 166 valence electrons. The molecule has 4 rings (SSSR count). The fourth-order valence-electron chi connectivity index (χ4n) is 3.85. The van der Waals surface area contributed by atoms with Gasteiger partial charge < -0.3 is 15.1 Å². The number of para-hydroxylation sites is 2. The van der Waals surface area contributed by atoms with Crippen LogP contribution < -0.4 is 10.2 Å². The SMILES string of the molecule is Cc1nn(Cc2ccccc2)c(Cl)c1/C=C/C(=O)Nc1ccccc1N1CCN(C)CC1. The normalized spacial score (nSPS) is 14.8. The predicted octanol–water partition coefficient (Wildman–Crippen LogP) is 4.30. The first-order chi connectivity index (χ1) is 15.5. The molecule has 2 heterocycles. The Kier molecular flexibility index (Phi) is 6.93. The van der Waals surface area contributed by atoms with Gasteiger partial charge in [-0.15, -0.1) is 0 Å². The summed E-state index contributed by atoms with van der Waals surface area (Å²) >= 11 is 6.57. The molecule has 0 atom stereocenters. The van der Waals surface area contributed by atoms with Crippen molar-refractivity contribution < 1.29 is 4.79 Å². The van der Waals surface area contributed by atoms with Gasteiger partial charge in [-0.05, 0) is 37.7 Å². The molecule has 1 fully saturated rings. The minimum atomic E-state index is -0.196. The number of likely N-dealkylation sites (N-methyl/N-ethyl adjacent to an activating group) is 1. The van der Waals surface area contributed by atoms with Crippen LogP contribution in [0.1, 0.15) is 16.8 Å². The van der Waals surface area contributed by atoms with E-state index in [1.807, 2.05) is 55.5 Å². The first-order valence-electron chi connectivity index (χ1n) is 10.8. The zero-order chi connectivity index (χ0) is 22.5. The largest absolute Gasteiger partial charge is 0.367 e. The van der Waals surface area contributed by atoms with E-state index in [9.17, 15) is 4.79 Å². The van der Waals surface area contributed by atoms with E-state index in [0.29, 0.717) is 11.7 Å². The lowest BCUT2D eigenvalue weighted by Gasteiger charge is -2.35. The number of benzene rings is 2. The number of aryl methyl sites for hydroxylation is 1. The Balaban J connectivity index is 1.46. The smallest absolute Gasteiger partial charge is 0.248 e. The van der Waals surface area contributed by atoms with Gasteiger partial charge >= 0.3 is 0 Å². The van der Waals surface area contributed by atoms with Crippen molar-refractivity contribution in [1.29, 1.82) is 0 Å². The van der Waals surface area contributed by atoms with Crippen LogP contribution in [-0.2, 0) is 11.3 Å². The Labute approximate surface area is 194 Å². The average Bonchev–Trinajstić information content (AvgIpc) is 3.06. The summed E-state index contributed by atoms with van der Waals surface area (Å²) < 4.78 is 1.76. The lowest BCUT2D eigenvalue weighted by molar-refractivity contribution is -0.111. The first-order valence-corrected chi connectivity index (χ1v) is 11.2. The van der Waals surface area contributed by atoms with Crippen LogP contribution >= 0.6 is 11.6 Å². The summed E-state index contributed by atoms with van der Waals surface area (Å²) in [5.74, 6) is -0.196. The van der Waals surface area contributed by atoms with Gasteiger partial charge in [-0.1, -0.05) is 54.1 Å². The van der Waals surface area contributed by atoms with Gasteiger partial charge in [0, 0.05) is 37.8 Å². The predicted molar refractivity (Wildman–Crippen MR) is 131 cm³/mol. The maximum Gasteiger partial charge on any atom is 0.248 e. The molecule has 1 aromatic heterocycles. The maximum atomic E-state index is 12.7. The van der Waals surface area contributed by atoms with E-state index in [0.717, 1.165) is 54.4 Å².